The number of aryl methyl sites for hydroxylation is 3. The van der Waals surface area contributed by atoms with Crippen LogP contribution in [0.4, 0.5) is 5.69 Å². The molecular weight excluding hydrogens is 508 g/mol. The van der Waals surface area contributed by atoms with Gasteiger partial charge in [-0.1, -0.05) is 29.8 Å². The first-order valence-corrected chi connectivity index (χ1v) is 14.4. The van der Waals surface area contributed by atoms with Crippen LogP contribution in [-0.2, 0) is 6.42 Å². The third-order valence-corrected chi connectivity index (χ3v) is 9.21. The predicted octanol–water partition coefficient (Wildman–Crippen LogP) is 5.90. The molecule has 1 atom stereocenters. The van der Waals surface area contributed by atoms with Crippen molar-refractivity contribution in [2.45, 2.75) is 52.0 Å². The van der Waals surface area contributed by atoms with Gasteiger partial charge >= 0.3 is 0 Å². The summed E-state index contributed by atoms with van der Waals surface area (Å²) in [6.07, 6.45) is 4.96. The predicted molar refractivity (Wildman–Crippen MR) is 155 cm³/mol. The molecule has 0 radical (unpaired) electrons. The highest BCUT2D eigenvalue weighted by molar-refractivity contribution is 6.33. The van der Waals surface area contributed by atoms with Gasteiger partial charge in [0.05, 0.1) is 16.6 Å². The van der Waals surface area contributed by atoms with Gasteiger partial charge in [0, 0.05) is 48.8 Å². The molecule has 6 nitrogen and oxygen atoms in total. The fraction of sp³-hybridized carbons (Fsp3) is 0.406. The minimum absolute atomic E-state index is 0.0977. The van der Waals surface area contributed by atoms with Crippen molar-refractivity contribution in [2.75, 3.05) is 31.1 Å². The van der Waals surface area contributed by atoms with Gasteiger partial charge in [-0.3, -0.25) is 14.6 Å². The highest BCUT2D eigenvalue weighted by atomic mass is 35.5. The summed E-state index contributed by atoms with van der Waals surface area (Å²) in [6, 6.07) is 17.3. The van der Waals surface area contributed by atoms with Gasteiger partial charge in [0.25, 0.3) is 11.8 Å². The number of piperidine rings is 1. The summed E-state index contributed by atoms with van der Waals surface area (Å²) in [6.45, 7) is 7.74. The maximum Gasteiger partial charge on any atom is 0.253 e. The van der Waals surface area contributed by atoms with Gasteiger partial charge in [-0.2, -0.15) is 0 Å². The van der Waals surface area contributed by atoms with Crippen LogP contribution in [0.25, 0.3) is 0 Å². The second-order valence-electron chi connectivity index (χ2n) is 11.5. The molecule has 0 bridgehead atoms. The first kappa shape index (κ1) is 25.9. The third-order valence-electron chi connectivity index (χ3n) is 8.88. The first-order valence-electron chi connectivity index (χ1n) is 14.0. The molecule has 6 rings (SSSR count). The van der Waals surface area contributed by atoms with E-state index in [4.69, 9.17) is 11.6 Å². The molecule has 2 aromatic carbocycles. The number of anilines is 1. The van der Waals surface area contributed by atoms with Gasteiger partial charge in [-0.05, 0) is 98.9 Å². The van der Waals surface area contributed by atoms with Crippen LogP contribution in [0.3, 0.4) is 0 Å². The average Bonchev–Trinajstić information content (AvgIpc) is 3.52. The Kier molecular flexibility index (Phi) is 6.84. The number of likely N-dealkylation sites (tertiary alicyclic amines) is 1. The Bertz CT molecular complexity index is 1410. The van der Waals surface area contributed by atoms with Crippen LogP contribution in [0.1, 0.15) is 75.0 Å². The fourth-order valence-corrected chi connectivity index (χ4v) is 6.92. The van der Waals surface area contributed by atoms with Gasteiger partial charge in [-0.25, -0.2) is 0 Å². The molecule has 2 fully saturated rings. The molecule has 0 saturated carbocycles. The standard InChI is InChI=1S/C32H35ClN4O2/c1-21-17-25(18-22(2)34-21)36-14-11-32(12-15-36)13-16-37(20-32)31(39)24-8-7-23-9-10-29(27(23)19-24)35-30(38)26-5-3-4-6-28(26)33/h3-8,17-19,29H,9-16,20H2,1-2H3,(H,35,38)/t29-/m1/s1. The zero-order valence-corrected chi connectivity index (χ0v) is 23.4. The molecule has 1 spiro atoms. The molecule has 2 aliphatic heterocycles. The van der Waals surface area contributed by atoms with Gasteiger partial charge in [0.1, 0.15) is 0 Å². The number of aromatic nitrogens is 1. The third kappa shape index (κ3) is 5.14. The Labute approximate surface area is 235 Å². The summed E-state index contributed by atoms with van der Waals surface area (Å²) >= 11 is 6.24. The molecule has 202 valence electrons. The van der Waals surface area contributed by atoms with Crippen LogP contribution in [0.15, 0.2) is 54.6 Å². The molecular formula is C32H35ClN4O2. The van der Waals surface area contributed by atoms with Crippen LogP contribution >= 0.6 is 11.6 Å². The minimum Gasteiger partial charge on any atom is -0.371 e. The molecule has 1 aromatic heterocycles. The Morgan fingerprint density at radius 1 is 0.974 bits per heavy atom. The van der Waals surface area contributed by atoms with Crippen molar-refractivity contribution in [1.82, 2.24) is 15.2 Å². The number of nitrogens with one attached hydrogen (secondary N) is 1. The number of amides is 2. The van der Waals surface area contributed by atoms with E-state index in [1.165, 1.54) is 11.3 Å². The zero-order chi connectivity index (χ0) is 27.1. The molecule has 7 heteroatoms. The Hall–Kier alpha value is -3.38. The van der Waals surface area contributed by atoms with E-state index in [0.29, 0.717) is 16.1 Å². The smallest absolute Gasteiger partial charge is 0.253 e. The molecule has 1 N–H and O–H groups in total. The van der Waals surface area contributed by atoms with Crippen molar-refractivity contribution in [3.05, 3.63) is 93.3 Å². The highest BCUT2D eigenvalue weighted by Gasteiger charge is 2.42. The number of carbonyl (C=O) groups excluding carboxylic acids is 2. The number of carbonyl (C=O) groups is 2. The molecule has 3 heterocycles. The second kappa shape index (κ2) is 10.3. The number of rotatable bonds is 4. The molecule has 39 heavy (non-hydrogen) atoms. The minimum atomic E-state index is -0.180. The van der Waals surface area contributed by atoms with E-state index in [1.54, 1.807) is 12.1 Å². The van der Waals surface area contributed by atoms with E-state index < -0.39 is 0 Å². The quantitative estimate of drug-likeness (QED) is 0.445. The molecule has 2 amide bonds. The average molecular weight is 543 g/mol. The van der Waals surface area contributed by atoms with Crippen LogP contribution in [-0.4, -0.2) is 47.9 Å². The Balaban J connectivity index is 1.11. The normalized spacial score (nSPS) is 19.8. The SMILES string of the molecule is Cc1cc(N2CCC3(CCN(C(=O)c4ccc5c(c4)[C@H](NC(=O)c4ccccc4Cl)CC5)C3)CC2)cc(C)n1. The topological polar surface area (TPSA) is 65.5 Å². The molecule has 1 aliphatic carbocycles. The fourth-order valence-electron chi connectivity index (χ4n) is 6.70. The van der Waals surface area contributed by atoms with Crippen molar-refractivity contribution in [3.63, 3.8) is 0 Å². The molecule has 0 unspecified atom stereocenters. The van der Waals surface area contributed by atoms with Crippen molar-refractivity contribution in [2.24, 2.45) is 5.41 Å². The van der Waals surface area contributed by atoms with Crippen molar-refractivity contribution in [3.8, 4) is 0 Å². The van der Waals surface area contributed by atoms with E-state index >= 15 is 0 Å². The lowest BCUT2D eigenvalue weighted by atomic mass is 9.77. The van der Waals surface area contributed by atoms with Gasteiger partial charge in [0.2, 0.25) is 0 Å². The summed E-state index contributed by atoms with van der Waals surface area (Å²) in [7, 11) is 0. The van der Waals surface area contributed by atoms with Crippen LogP contribution in [0, 0.1) is 19.3 Å². The van der Waals surface area contributed by atoms with Crippen LogP contribution in [0.5, 0.6) is 0 Å². The summed E-state index contributed by atoms with van der Waals surface area (Å²) in [5, 5.41) is 3.58. The van der Waals surface area contributed by atoms with E-state index in [9.17, 15) is 9.59 Å². The monoisotopic (exact) mass is 542 g/mol. The number of fused-ring (bicyclic) bond motifs is 1. The number of halogens is 1. The lowest BCUT2D eigenvalue weighted by molar-refractivity contribution is 0.0764. The second-order valence-corrected chi connectivity index (χ2v) is 11.9. The lowest BCUT2D eigenvalue weighted by Crippen LogP contribution is -2.42. The summed E-state index contributed by atoms with van der Waals surface area (Å²) in [5.41, 5.74) is 7.01. The Morgan fingerprint density at radius 3 is 2.44 bits per heavy atom. The van der Waals surface area contributed by atoms with E-state index in [1.807, 2.05) is 29.2 Å². The number of benzene rings is 2. The van der Waals surface area contributed by atoms with Gasteiger partial charge in [-0.15, -0.1) is 0 Å². The van der Waals surface area contributed by atoms with Gasteiger partial charge in [0.15, 0.2) is 0 Å². The largest absolute Gasteiger partial charge is 0.371 e. The molecule has 2 saturated heterocycles. The lowest BCUT2D eigenvalue weighted by Gasteiger charge is -2.40. The summed E-state index contributed by atoms with van der Waals surface area (Å²) < 4.78 is 0. The number of pyridine rings is 1. The first-order chi connectivity index (χ1) is 18.8. The maximum atomic E-state index is 13.6. The van der Waals surface area contributed by atoms with E-state index in [0.717, 1.165) is 75.2 Å². The number of nitrogens with zero attached hydrogens (tertiary/aromatic N) is 3. The van der Waals surface area contributed by atoms with Crippen molar-refractivity contribution in [1.29, 1.82) is 0 Å². The summed E-state index contributed by atoms with van der Waals surface area (Å²) in [4.78, 5) is 35.6. The van der Waals surface area contributed by atoms with Crippen molar-refractivity contribution >= 4 is 29.1 Å². The highest BCUT2D eigenvalue weighted by Crippen LogP contribution is 2.42. The summed E-state index contributed by atoms with van der Waals surface area (Å²) in [5.74, 6) is -0.0827. The van der Waals surface area contributed by atoms with Crippen molar-refractivity contribution < 1.29 is 9.59 Å². The Morgan fingerprint density at radius 2 is 1.69 bits per heavy atom. The van der Waals surface area contributed by atoms with E-state index in [-0.39, 0.29) is 23.3 Å². The molecule has 3 aliphatic rings. The maximum absolute atomic E-state index is 13.6. The van der Waals surface area contributed by atoms with Crippen LogP contribution < -0.4 is 10.2 Å². The number of hydrogen-bond donors (Lipinski definition) is 1. The van der Waals surface area contributed by atoms with E-state index in [2.05, 4.69) is 47.2 Å². The molecule has 3 aromatic rings. The van der Waals surface area contributed by atoms with Crippen LogP contribution in [0.2, 0.25) is 5.02 Å². The van der Waals surface area contributed by atoms with Gasteiger partial charge < -0.3 is 15.1 Å². The zero-order valence-electron chi connectivity index (χ0n) is 22.7. The number of hydrogen-bond acceptors (Lipinski definition) is 4.